The van der Waals surface area contributed by atoms with Crippen molar-refractivity contribution in [3.05, 3.63) is 0 Å². The SMILES string of the molecule is CCCCCCCCC(CCCCCC)COC(=O)CCCCCC(CCCCCC(=O)OCC(CCCCCC)CCCCCCCC)N(CCCCCC(=O)OCC(CCCC)CCCCCC)C(=O)CCCN(C)C. The summed E-state index contributed by atoms with van der Waals surface area (Å²) < 4.78 is 17.8. The van der Waals surface area contributed by atoms with Gasteiger partial charge in [-0.1, -0.05) is 241 Å². The number of nitrogens with zero attached hydrogens (tertiary/aromatic N) is 2. The first-order chi connectivity index (χ1) is 38.0. The Bertz CT molecular complexity index is 1270. The summed E-state index contributed by atoms with van der Waals surface area (Å²) in [6.45, 7) is 16.7. The highest BCUT2D eigenvalue weighted by atomic mass is 16.5. The molecule has 9 nitrogen and oxygen atoms in total. The van der Waals surface area contributed by atoms with Gasteiger partial charge in [-0.25, -0.2) is 0 Å². The molecule has 3 atom stereocenters. The predicted octanol–water partition coefficient (Wildman–Crippen LogP) is 20.1. The van der Waals surface area contributed by atoms with Gasteiger partial charge in [0.15, 0.2) is 0 Å². The van der Waals surface area contributed by atoms with Gasteiger partial charge in [-0.2, -0.15) is 0 Å². The van der Waals surface area contributed by atoms with E-state index in [1.54, 1.807) is 0 Å². The number of hydrogen-bond donors (Lipinski definition) is 0. The molecule has 9 heteroatoms. The van der Waals surface area contributed by atoms with Crippen LogP contribution in [0.3, 0.4) is 0 Å². The Morgan fingerprint density at radius 3 is 0.923 bits per heavy atom. The number of amides is 1. The van der Waals surface area contributed by atoms with Crippen LogP contribution in [0, 0.1) is 17.8 Å². The van der Waals surface area contributed by atoms with Crippen LogP contribution >= 0.6 is 0 Å². The molecule has 0 aliphatic carbocycles. The molecule has 0 aromatic carbocycles. The van der Waals surface area contributed by atoms with Crippen molar-refractivity contribution >= 4 is 23.8 Å². The molecule has 0 N–H and O–H groups in total. The first kappa shape index (κ1) is 75.8. The van der Waals surface area contributed by atoms with Crippen LogP contribution in [0.25, 0.3) is 0 Å². The van der Waals surface area contributed by atoms with E-state index in [4.69, 9.17) is 14.2 Å². The van der Waals surface area contributed by atoms with Crippen LogP contribution in [0.5, 0.6) is 0 Å². The van der Waals surface area contributed by atoms with Crippen LogP contribution in [-0.2, 0) is 33.4 Å². The zero-order valence-electron chi connectivity index (χ0n) is 53.5. The standard InChI is InChI=1S/C69H134N2O7/c1-9-15-21-26-28-36-49-63(47-34-24-18-12-4)60-77-67(73)54-40-30-38-51-65(52-39-31-41-55-68(74)78-61-64(48-35-25-19-13-5)50-37-29-27-22-16-10-2)71(66(72)53-44-57-70(7)8)58-43-32-42-56-69(75)76-59-62(45-20-14-6)46-33-23-17-11-3/h62-65H,9-61H2,1-8H3. The van der Waals surface area contributed by atoms with Crippen molar-refractivity contribution in [3.8, 4) is 0 Å². The summed E-state index contributed by atoms with van der Waals surface area (Å²) in [5, 5.41) is 0. The fourth-order valence-corrected chi connectivity index (χ4v) is 11.3. The van der Waals surface area contributed by atoms with Crippen LogP contribution < -0.4 is 0 Å². The number of unbranched alkanes of at least 4 members (excludes halogenated alkanes) is 26. The van der Waals surface area contributed by atoms with Gasteiger partial charge >= 0.3 is 17.9 Å². The highest BCUT2D eigenvalue weighted by Gasteiger charge is 2.24. The Hall–Kier alpha value is -2.16. The Labute approximate surface area is 485 Å². The van der Waals surface area contributed by atoms with Gasteiger partial charge in [0.05, 0.1) is 19.8 Å². The van der Waals surface area contributed by atoms with Crippen molar-refractivity contribution in [2.45, 2.75) is 356 Å². The van der Waals surface area contributed by atoms with E-state index in [-0.39, 0.29) is 29.9 Å². The average molecular weight is 1100 g/mol. The molecular formula is C69H134N2O7. The van der Waals surface area contributed by atoms with Gasteiger partial charge in [-0.05, 0) is 122 Å². The maximum Gasteiger partial charge on any atom is 0.305 e. The van der Waals surface area contributed by atoms with E-state index in [2.05, 4.69) is 65.4 Å². The van der Waals surface area contributed by atoms with Gasteiger partial charge in [0.2, 0.25) is 5.91 Å². The first-order valence-corrected chi connectivity index (χ1v) is 34.5. The number of esters is 3. The third kappa shape index (κ3) is 49.6. The molecule has 0 aromatic rings. The minimum Gasteiger partial charge on any atom is -0.465 e. The normalized spacial score (nSPS) is 13.1. The molecule has 0 saturated heterocycles. The Kier molecular flexibility index (Phi) is 56.4. The molecule has 0 aliphatic heterocycles. The molecule has 0 bridgehead atoms. The molecule has 462 valence electrons. The minimum atomic E-state index is -0.0851. The number of carbonyl (C=O) groups excluding carboxylic acids is 4. The van der Waals surface area contributed by atoms with Crippen LogP contribution in [-0.4, -0.2) is 86.7 Å². The van der Waals surface area contributed by atoms with Crippen LogP contribution in [0.4, 0.5) is 0 Å². The molecule has 1 amide bonds. The summed E-state index contributed by atoms with van der Waals surface area (Å²) in [6.07, 6.45) is 52.1. The number of hydrogen-bond acceptors (Lipinski definition) is 8. The topological polar surface area (TPSA) is 102 Å². The molecule has 0 spiro atoms. The lowest BCUT2D eigenvalue weighted by Crippen LogP contribution is -2.41. The summed E-state index contributed by atoms with van der Waals surface area (Å²) in [5.41, 5.74) is 0. The van der Waals surface area contributed by atoms with Crippen LogP contribution in [0.2, 0.25) is 0 Å². The van der Waals surface area contributed by atoms with E-state index >= 15 is 0 Å². The lowest BCUT2D eigenvalue weighted by molar-refractivity contribution is -0.146. The van der Waals surface area contributed by atoms with Crippen molar-refractivity contribution in [1.82, 2.24) is 9.80 Å². The highest BCUT2D eigenvalue weighted by Crippen LogP contribution is 2.25. The van der Waals surface area contributed by atoms with E-state index in [0.717, 1.165) is 122 Å². The van der Waals surface area contributed by atoms with Crippen LogP contribution in [0.1, 0.15) is 350 Å². The quantitative estimate of drug-likeness (QED) is 0.0337. The summed E-state index contributed by atoms with van der Waals surface area (Å²) in [6, 6.07) is 0.101. The maximum absolute atomic E-state index is 14.2. The largest absolute Gasteiger partial charge is 0.465 e. The van der Waals surface area contributed by atoms with E-state index in [1.807, 2.05) is 0 Å². The van der Waals surface area contributed by atoms with Crippen molar-refractivity contribution < 1.29 is 33.4 Å². The smallest absolute Gasteiger partial charge is 0.305 e. The summed E-state index contributed by atoms with van der Waals surface area (Å²) in [5.74, 6) is 1.40. The lowest BCUT2D eigenvalue weighted by Gasteiger charge is -2.33. The Morgan fingerprint density at radius 2 is 0.577 bits per heavy atom. The number of rotatable bonds is 61. The van der Waals surface area contributed by atoms with Gasteiger partial charge in [-0.15, -0.1) is 0 Å². The van der Waals surface area contributed by atoms with Gasteiger partial charge in [0.1, 0.15) is 0 Å². The maximum atomic E-state index is 14.2. The molecule has 0 saturated carbocycles. The van der Waals surface area contributed by atoms with E-state index in [9.17, 15) is 19.2 Å². The third-order valence-electron chi connectivity index (χ3n) is 16.6. The average Bonchev–Trinajstić information content (AvgIpc) is 3.43. The Morgan fingerprint density at radius 1 is 0.295 bits per heavy atom. The molecule has 0 radical (unpaired) electrons. The number of ether oxygens (including phenoxy) is 3. The summed E-state index contributed by atoms with van der Waals surface area (Å²) in [7, 11) is 4.13. The summed E-state index contributed by atoms with van der Waals surface area (Å²) in [4.78, 5) is 57.8. The molecule has 0 heterocycles. The van der Waals surface area contributed by atoms with Crippen molar-refractivity contribution in [3.63, 3.8) is 0 Å². The lowest BCUT2D eigenvalue weighted by atomic mass is 9.95. The second-order valence-corrected chi connectivity index (χ2v) is 24.6. The first-order valence-electron chi connectivity index (χ1n) is 34.5. The fraction of sp³-hybridized carbons (Fsp3) is 0.942. The molecule has 0 aliphatic rings. The zero-order chi connectivity index (χ0) is 57.4. The second-order valence-electron chi connectivity index (χ2n) is 24.6. The van der Waals surface area contributed by atoms with Gasteiger partial charge in [0, 0.05) is 38.3 Å². The molecule has 0 rings (SSSR count). The minimum absolute atomic E-state index is 0.0628. The number of carbonyl (C=O) groups is 4. The highest BCUT2D eigenvalue weighted by molar-refractivity contribution is 5.76. The molecule has 3 unspecified atom stereocenters. The van der Waals surface area contributed by atoms with Gasteiger partial charge in [-0.3, -0.25) is 19.2 Å². The van der Waals surface area contributed by atoms with Gasteiger partial charge < -0.3 is 24.0 Å². The zero-order valence-corrected chi connectivity index (χ0v) is 53.5. The van der Waals surface area contributed by atoms with E-state index in [0.29, 0.717) is 69.8 Å². The van der Waals surface area contributed by atoms with Crippen molar-refractivity contribution in [1.29, 1.82) is 0 Å². The monoisotopic (exact) mass is 1100 g/mol. The van der Waals surface area contributed by atoms with Crippen molar-refractivity contribution in [2.24, 2.45) is 17.8 Å². The predicted molar refractivity (Wildman–Crippen MR) is 333 cm³/mol. The molecule has 0 aromatic heterocycles. The third-order valence-corrected chi connectivity index (χ3v) is 16.6. The van der Waals surface area contributed by atoms with Gasteiger partial charge in [0.25, 0.3) is 0 Å². The van der Waals surface area contributed by atoms with Crippen molar-refractivity contribution in [2.75, 3.05) is 47.0 Å². The van der Waals surface area contributed by atoms with E-state index < -0.39 is 0 Å². The van der Waals surface area contributed by atoms with Crippen LogP contribution in [0.15, 0.2) is 0 Å². The Balaban J connectivity index is 5.72. The fourth-order valence-electron chi connectivity index (χ4n) is 11.3. The molecular weight excluding hydrogens is 969 g/mol. The van der Waals surface area contributed by atoms with E-state index in [1.165, 1.54) is 167 Å². The second kappa shape index (κ2) is 58.1. The molecule has 78 heavy (non-hydrogen) atoms. The summed E-state index contributed by atoms with van der Waals surface area (Å²) >= 11 is 0. The molecule has 0 fully saturated rings.